The minimum absolute atomic E-state index is 0.751. The Balaban J connectivity index is 2.37. The summed E-state index contributed by atoms with van der Waals surface area (Å²) < 4.78 is 0. The Morgan fingerprint density at radius 1 is 1.25 bits per heavy atom. The third-order valence-electron chi connectivity index (χ3n) is 3.56. The maximum absolute atomic E-state index is 2.69. The van der Waals surface area contributed by atoms with Gasteiger partial charge in [-0.15, -0.1) is 0 Å². The summed E-state index contributed by atoms with van der Waals surface area (Å²) in [5.74, 6) is 0.766. The summed E-state index contributed by atoms with van der Waals surface area (Å²) in [6.45, 7) is 10.9. The van der Waals surface area contributed by atoms with E-state index in [0.717, 1.165) is 12.0 Å². The van der Waals surface area contributed by atoms with Crippen LogP contribution in [0.15, 0.2) is 0 Å². The van der Waals surface area contributed by atoms with Crippen molar-refractivity contribution in [3.8, 4) is 0 Å². The van der Waals surface area contributed by atoms with E-state index >= 15 is 0 Å². The summed E-state index contributed by atoms with van der Waals surface area (Å²) >= 11 is 0. The number of rotatable bonds is 5. The van der Waals surface area contributed by atoms with Crippen LogP contribution in [0.25, 0.3) is 0 Å². The lowest BCUT2D eigenvalue weighted by Gasteiger charge is -2.42. The van der Waals surface area contributed by atoms with Crippen LogP contribution in [0.2, 0.25) is 0 Å². The van der Waals surface area contributed by atoms with Crippen molar-refractivity contribution in [1.29, 1.82) is 0 Å². The third-order valence-corrected chi connectivity index (χ3v) is 3.56. The van der Waals surface area contributed by atoms with E-state index < -0.39 is 0 Å². The van der Waals surface area contributed by atoms with Gasteiger partial charge in [0.15, 0.2) is 0 Å². The van der Waals surface area contributed by atoms with Gasteiger partial charge < -0.3 is 9.80 Å². The maximum Gasteiger partial charge on any atom is 0.0246 e. The molecule has 1 fully saturated rings. The van der Waals surface area contributed by atoms with Crippen molar-refractivity contribution < 1.29 is 0 Å². The van der Waals surface area contributed by atoms with Crippen LogP contribution in [0.5, 0.6) is 0 Å². The molecule has 0 N–H and O–H groups in total. The van der Waals surface area contributed by atoms with Gasteiger partial charge in [-0.25, -0.2) is 0 Å². The normalized spacial score (nSPS) is 24.6. The Bertz CT molecular complexity index is 192. The molecule has 0 aromatic carbocycles. The number of likely N-dealkylation sites (N-methyl/N-ethyl adjacent to an activating group) is 1. The van der Waals surface area contributed by atoms with Gasteiger partial charge in [0.1, 0.15) is 0 Å². The highest BCUT2D eigenvalue weighted by Gasteiger charge is 2.26. The zero-order chi connectivity index (χ0) is 12.1. The van der Waals surface area contributed by atoms with Gasteiger partial charge in [0.25, 0.3) is 0 Å². The van der Waals surface area contributed by atoms with E-state index in [2.05, 4.69) is 49.7 Å². The van der Waals surface area contributed by atoms with Crippen molar-refractivity contribution in [2.45, 2.75) is 26.3 Å². The fourth-order valence-corrected chi connectivity index (χ4v) is 2.49. The van der Waals surface area contributed by atoms with Crippen LogP contribution in [0, 0.1) is 5.92 Å². The van der Waals surface area contributed by atoms with Crippen LogP contribution < -0.4 is 0 Å². The van der Waals surface area contributed by atoms with Gasteiger partial charge >= 0.3 is 0 Å². The Morgan fingerprint density at radius 3 is 2.50 bits per heavy atom. The van der Waals surface area contributed by atoms with E-state index in [4.69, 9.17) is 0 Å². The van der Waals surface area contributed by atoms with Crippen LogP contribution in [-0.4, -0.2) is 74.6 Å². The minimum atomic E-state index is 0.751. The summed E-state index contributed by atoms with van der Waals surface area (Å²) in [6.07, 6.45) is 1.29. The summed E-state index contributed by atoms with van der Waals surface area (Å²) in [5.41, 5.74) is 0. The second-order valence-electron chi connectivity index (χ2n) is 5.77. The fourth-order valence-electron chi connectivity index (χ4n) is 2.49. The Hall–Kier alpha value is -0.120. The van der Waals surface area contributed by atoms with E-state index in [-0.39, 0.29) is 0 Å². The van der Waals surface area contributed by atoms with Crippen molar-refractivity contribution in [3.63, 3.8) is 0 Å². The molecule has 0 radical (unpaired) electrons. The maximum atomic E-state index is 2.69. The first-order valence-corrected chi connectivity index (χ1v) is 6.58. The molecule has 1 unspecified atom stereocenters. The molecule has 0 saturated carbocycles. The molecule has 16 heavy (non-hydrogen) atoms. The van der Waals surface area contributed by atoms with E-state index in [1.165, 1.54) is 39.1 Å². The van der Waals surface area contributed by atoms with Crippen LogP contribution in [0.1, 0.15) is 20.3 Å². The van der Waals surface area contributed by atoms with Gasteiger partial charge in [-0.05, 0) is 46.6 Å². The highest BCUT2D eigenvalue weighted by atomic mass is 15.3. The predicted octanol–water partition coefficient (Wildman–Crippen LogP) is 1.21. The van der Waals surface area contributed by atoms with Crippen LogP contribution in [-0.2, 0) is 0 Å². The highest BCUT2D eigenvalue weighted by molar-refractivity contribution is 4.82. The van der Waals surface area contributed by atoms with E-state index in [1.54, 1.807) is 0 Å². The highest BCUT2D eigenvalue weighted by Crippen LogP contribution is 2.16. The van der Waals surface area contributed by atoms with Crippen molar-refractivity contribution in [1.82, 2.24) is 14.7 Å². The van der Waals surface area contributed by atoms with Crippen molar-refractivity contribution in [2.75, 3.05) is 53.9 Å². The minimum Gasteiger partial charge on any atom is -0.309 e. The van der Waals surface area contributed by atoms with Gasteiger partial charge in [-0.1, -0.05) is 13.8 Å². The van der Waals surface area contributed by atoms with Crippen molar-refractivity contribution in [2.24, 2.45) is 5.92 Å². The summed E-state index contributed by atoms with van der Waals surface area (Å²) in [5, 5.41) is 0. The summed E-state index contributed by atoms with van der Waals surface area (Å²) in [6, 6.07) is 0.751. The molecule has 1 heterocycles. The molecule has 1 saturated heterocycles. The Labute approximate surface area is 101 Å². The first-order valence-electron chi connectivity index (χ1n) is 6.58. The molecule has 96 valence electrons. The zero-order valence-electron chi connectivity index (χ0n) is 11.7. The third kappa shape index (κ3) is 4.40. The Kier molecular flexibility index (Phi) is 5.73. The molecule has 0 aliphatic carbocycles. The quantitative estimate of drug-likeness (QED) is 0.699. The number of hydrogen-bond acceptors (Lipinski definition) is 3. The number of piperazine rings is 1. The van der Waals surface area contributed by atoms with Crippen molar-refractivity contribution in [3.05, 3.63) is 0 Å². The first-order chi connectivity index (χ1) is 7.50. The summed E-state index contributed by atoms with van der Waals surface area (Å²) in [4.78, 5) is 7.43. The second-order valence-corrected chi connectivity index (χ2v) is 5.77. The van der Waals surface area contributed by atoms with E-state index in [1.807, 2.05) is 0 Å². The molecule has 0 spiro atoms. The molecular weight excluding hydrogens is 198 g/mol. The standard InChI is InChI=1S/C13H29N3/c1-12(2)13-11-15(5)9-10-16(13)8-6-7-14(3)4/h12-13H,6-11H2,1-5H3. The van der Waals surface area contributed by atoms with Crippen molar-refractivity contribution >= 4 is 0 Å². The SMILES string of the molecule is CC(C)C1CN(C)CCN1CCCN(C)C. The predicted molar refractivity (Wildman–Crippen MR) is 70.9 cm³/mol. The van der Waals surface area contributed by atoms with Gasteiger partial charge in [0.2, 0.25) is 0 Å². The lowest BCUT2D eigenvalue weighted by atomic mass is 9.99. The largest absolute Gasteiger partial charge is 0.309 e. The average Bonchev–Trinajstić information content (AvgIpc) is 2.19. The fraction of sp³-hybridized carbons (Fsp3) is 1.00. The van der Waals surface area contributed by atoms with Gasteiger partial charge in [-0.3, -0.25) is 4.90 Å². The number of nitrogens with zero attached hydrogens (tertiary/aromatic N) is 3. The monoisotopic (exact) mass is 227 g/mol. The summed E-state index contributed by atoms with van der Waals surface area (Å²) in [7, 11) is 6.56. The molecule has 0 aromatic rings. The average molecular weight is 227 g/mol. The lowest BCUT2D eigenvalue weighted by Crippen LogP contribution is -2.54. The van der Waals surface area contributed by atoms with Gasteiger partial charge in [-0.2, -0.15) is 0 Å². The Morgan fingerprint density at radius 2 is 1.94 bits per heavy atom. The molecule has 0 amide bonds. The zero-order valence-corrected chi connectivity index (χ0v) is 11.7. The number of hydrogen-bond donors (Lipinski definition) is 0. The smallest absolute Gasteiger partial charge is 0.0246 e. The molecular formula is C13H29N3. The lowest BCUT2D eigenvalue weighted by molar-refractivity contribution is 0.0608. The first kappa shape index (κ1) is 13.9. The van der Waals surface area contributed by atoms with E-state index in [0.29, 0.717) is 0 Å². The van der Waals surface area contributed by atoms with Crippen LogP contribution in [0.3, 0.4) is 0 Å². The van der Waals surface area contributed by atoms with Gasteiger partial charge in [0, 0.05) is 25.7 Å². The van der Waals surface area contributed by atoms with Crippen LogP contribution in [0.4, 0.5) is 0 Å². The topological polar surface area (TPSA) is 9.72 Å². The molecule has 0 aromatic heterocycles. The molecule has 1 aliphatic rings. The molecule has 0 bridgehead atoms. The molecule has 3 nitrogen and oxygen atoms in total. The molecule has 1 rings (SSSR count). The van der Waals surface area contributed by atoms with Gasteiger partial charge in [0.05, 0.1) is 0 Å². The molecule has 1 atom stereocenters. The molecule has 3 heteroatoms. The molecule has 1 aliphatic heterocycles. The van der Waals surface area contributed by atoms with E-state index in [9.17, 15) is 0 Å². The second kappa shape index (κ2) is 6.58. The van der Waals surface area contributed by atoms with Crippen LogP contribution >= 0.6 is 0 Å².